The molecule has 0 aliphatic heterocycles. The van der Waals surface area contributed by atoms with Crippen molar-refractivity contribution in [3.05, 3.63) is 66.1 Å². The van der Waals surface area contributed by atoms with E-state index in [9.17, 15) is 4.39 Å². The summed E-state index contributed by atoms with van der Waals surface area (Å²) in [5, 5.41) is 0.932. The molecule has 3 heteroatoms. The Morgan fingerprint density at radius 2 is 1.89 bits per heavy atom. The summed E-state index contributed by atoms with van der Waals surface area (Å²) in [4.78, 5) is 0. The maximum atomic E-state index is 13.1. The molecule has 0 saturated heterocycles. The Kier molecular flexibility index (Phi) is 2.95. The number of fused-ring (bicyclic) bond motifs is 1. The molecule has 1 aromatic heterocycles. The topological polar surface area (TPSA) is 30.9 Å². The number of benzene rings is 2. The first-order chi connectivity index (χ1) is 9.24. The standard InChI is InChI=1S/C16H15FN2/c17-14-5-6-16-13(11-14)8-10-19(16)9-7-12-3-1-2-4-15(12)18/h1-6,8,10-11H,7,9,18H2. The van der Waals surface area contributed by atoms with Crippen molar-refractivity contribution >= 4 is 16.6 Å². The Morgan fingerprint density at radius 1 is 1.05 bits per heavy atom. The molecule has 3 rings (SSSR count). The minimum atomic E-state index is -0.197. The number of rotatable bonds is 3. The number of hydrogen-bond donors (Lipinski definition) is 1. The predicted octanol–water partition coefficient (Wildman–Crippen LogP) is 3.61. The highest BCUT2D eigenvalue weighted by atomic mass is 19.1. The van der Waals surface area contributed by atoms with Gasteiger partial charge in [0, 0.05) is 29.3 Å². The van der Waals surface area contributed by atoms with Crippen LogP contribution in [0.3, 0.4) is 0 Å². The maximum Gasteiger partial charge on any atom is 0.123 e. The van der Waals surface area contributed by atoms with Gasteiger partial charge in [0.15, 0.2) is 0 Å². The predicted molar refractivity (Wildman–Crippen MR) is 76.5 cm³/mol. The Morgan fingerprint density at radius 3 is 2.74 bits per heavy atom. The second-order valence-corrected chi connectivity index (χ2v) is 4.66. The molecule has 0 aliphatic rings. The van der Waals surface area contributed by atoms with Crippen LogP contribution in [0.5, 0.6) is 0 Å². The molecule has 2 nitrogen and oxygen atoms in total. The summed E-state index contributed by atoms with van der Waals surface area (Å²) in [5.41, 5.74) is 8.95. The fourth-order valence-electron chi connectivity index (χ4n) is 2.37. The van der Waals surface area contributed by atoms with E-state index in [0.29, 0.717) is 0 Å². The molecule has 0 aliphatic carbocycles. The van der Waals surface area contributed by atoms with Crippen LogP contribution < -0.4 is 5.73 Å². The molecule has 0 saturated carbocycles. The summed E-state index contributed by atoms with van der Waals surface area (Å²) < 4.78 is 15.3. The highest BCUT2D eigenvalue weighted by Crippen LogP contribution is 2.18. The van der Waals surface area contributed by atoms with Gasteiger partial charge in [-0.1, -0.05) is 18.2 Å². The van der Waals surface area contributed by atoms with E-state index in [1.807, 2.05) is 42.6 Å². The van der Waals surface area contributed by atoms with Gasteiger partial charge in [-0.3, -0.25) is 0 Å². The van der Waals surface area contributed by atoms with E-state index in [4.69, 9.17) is 5.73 Å². The number of nitrogen functional groups attached to an aromatic ring is 1. The smallest absolute Gasteiger partial charge is 0.123 e. The van der Waals surface area contributed by atoms with Crippen LogP contribution in [0.25, 0.3) is 10.9 Å². The van der Waals surface area contributed by atoms with Crippen molar-refractivity contribution < 1.29 is 4.39 Å². The maximum absolute atomic E-state index is 13.1. The molecule has 2 N–H and O–H groups in total. The van der Waals surface area contributed by atoms with Gasteiger partial charge in [-0.25, -0.2) is 4.39 Å². The first-order valence-corrected chi connectivity index (χ1v) is 6.32. The third kappa shape index (κ3) is 2.32. The van der Waals surface area contributed by atoms with Crippen LogP contribution in [0.4, 0.5) is 10.1 Å². The molecule has 0 atom stereocenters. The van der Waals surface area contributed by atoms with Gasteiger partial charge < -0.3 is 10.3 Å². The first kappa shape index (κ1) is 11.8. The zero-order chi connectivity index (χ0) is 13.2. The SMILES string of the molecule is Nc1ccccc1CCn1ccc2cc(F)ccc21. The van der Waals surface area contributed by atoms with Crippen molar-refractivity contribution in [2.24, 2.45) is 0 Å². The molecule has 0 unspecified atom stereocenters. The van der Waals surface area contributed by atoms with Crippen LogP contribution in [0, 0.1) is 5.82 Å². The summed E-state index contributed by atoms with van der Waals surface area (Å²) in [6.45, 7) is 0.837. The second kappa shape index (κ2) is 4.76. The van der Waals surface area contributed by atoms with Crippen LogP contribution in [0.1, 0.15) is 5.56 Å². The largest absolute Gasteiger partial charge is 0.399 e. The van der Waals surface area contributed by atoms with Gasteiger partial charge in [0.1, 0.15) is 5.82 Å². The molecule has 0 bridgehead atoms. The average molecular weight is 254 g/mol. The molecular weight excluding hydrogens is 239 g/mol. The number of para-hydroxylation sites is 1. The lowest BCUT2D eigenvalue weighted by Gasteiger charge is -2.08. The van der Waals surface area contributed by atoms with Crippen molar-refractivity contribution in [3.63, 3.8) is 0 Å². The Bertz CT molecular complexity index is 716. The third-order valence-electron chi connectivity index (χ3n) is 3.41. The molecule has 1 heterocycles. The number of aryl methyl sites for hydroxylation is 2. The molecule has 2 aromatic carbocycles. The molecule has 19 heavy (non-hydrogen) atoms. The molecule has 0 amide bonds. The lowest BCUT2D eigenvalue weighted by atomic mass is 10.1. The Labute approximate surface area is 111 Å². The van der Waals surface area contributed by atoms with E-state index in [2.05, 4.69) is 4.57 Å². The fraction of sp³-hybridized carbons (Fsp3) is 0.125. The molecule has 0 fully saturated rings. The zero-order valence-electron chi connectivity index (χ0n) is 10.5. The van der Waals surface area contributed by atoms with E-state index >= 15 is 0 Å². The highest BCUT2D eigenvalue weighted by Gasteiger charge is 2.03. The number of aromatic nitrogens is 1. The van der Waals surface area contributed by atoms with E-state index in [1.165, 1.54) is 6.07 Å². The third-order valence-corrected chi connectivity index (χ3v) is 3.41. The van der Waals surface area contributed by atoms with Crippen molar-refractivity contribution in [2.75, 3.05) is 5.73 Å². The molecule has 0 spiro atoms. The van der Waals surface area contributed by atoms with Gasteiger partial charge >= 0.3 is 0 Å². The molecular formula is C16H15FN2. The van der Waals surface area contributed by atoms with Crippen LogP contribution in [0.2, 0.25) is 0 Å². The number of anilines is 1. The zero-order valence-corrected chi connectivity index (χ0v) is 10.5. The van der Waals surface area contributed by atoms with Gasteiger partial charge in [-0.2, -0.15) is 0 Å². The Hall–Kier alpha value is -2.29. The van der Waals surface area contributed by atoms with Gasteiger partial charge in [0.2, 0.25) is 0 Å². The van der Waals surface area contributed by atoms with Crippen LogP contribution in [-0.2, 0) is 13.0 Å². The van der Waals surface area contributed by atoms with Gasteiger partial charge in [-0.05, 0) is 42.3 Å². The highest BCUT2D eigenvalue weighted by molar-refractivity contribution is 5.80. The van der Waals surface area contributed by atoms with E-state index < -0.39 is 0 Å². The number of nitrogens with two attached hydrogens (primary N) is 1. The Balaban J connectivity index is 1.84. The number of halogens is 1. The average Bonchev–Trinajstić information content (AvgIpc) is 2.80. The summed E-state index contributed by atoms with van der Waals surface area (Å²) in [6, 6.07) is 14.7. The summed E-state index contributed by atoms with van der Waals surface area (Å²) in [5.74, 6) is -0.197. The van der Waals surface area contributed by atoms with Crippen LogP contribution >= 0.6 is 0 Å². The first-order valence-electron chi connectivity index (χ1n) is 6.32. The van der Waals surface area contributed by atoms with Crippen molar-refractivity contribution in [1.82, 2.24) is 4.57 Å². The summed E-state index contributed by atoms with van der Waals surface area (Å²) in [6.07, 6.45) is 2.86. The van der Waals surface area contributed by atoms with Gasteiger partial charge in [-0.15, -0.1) is 0 Å². The minimum absolute atomic E-state index is 0.197. The van der Waals surface area contributed by atoms with Crippen LogP contribution in [0.15, 0.2) is 54.7 Å². The summed E-state index contributed by atoms with van der Waals surface area (Å²) >= 11 is 0. The van der Waals surface area contributed by atoms with E-state index in [-0.39, 0.29) is 5.82 Å². The number of hydrogen-bond acceptors (Lipinski definition) is 1. The summed E-state index contributed by atoms with van der Waals surface area (Å²) in [7, 11) is 0. The lowest BCUT2D eigenvalue weighted by molar-refractivity contribution is 0.629. The normalized spacial score (nSPS) is 11.0. The van der Waals surface area contributed by atoms with Crippen LogP contribution in [-0.4, -0.2) is 4.57 Å². The van der Waals surface area contributed by atoms with E-state index in [1.54, 1.807) is 6.07 Å². The van der Waals surface area contributed by atoms with Crippen molar-refractivity contribution in [2.45, 2.75) is 13.0 Å². The van der Waals surface area contributed by atoms with Crippen molar-refractivity contribution in [3.8, 4) is 0 Å². The molecule has 3 aromatic rings. The van der Waals surface area contributed by atoms with E-state index in [0.717, 1.165) is 35.1 Å². The van der Waals surface area contributed by atoms with Gasteiger partial charge in [0.05, 0.1) is 0 Å². The van der Waals surface area contributed by atoms with Gasteiger partial charge in [0.25, 0.3) is 0 Å². The molecule has 96 valence electrons. The fourth-order valence-corrected chi connectivity index (χ4v) is 2.37. The second-order valence-electron chi connectivity index (χ2n) is 4.66. The lowest BCUT2D eigenvalue weighted by Crippen LogP contribution is -2.02. The minimum Gasteiger partial charge on any atom is -0.399 e. The monoisotopic (exact) mass is 254 g/mol. The number of nitrogens with zero attached hydrogens (tertiary/aromatic N) is 1. The molecule has 0 radical (unpaired) electrons. The quantitative estimate of drug-likeness (QED) is 0.711. The van der Waals surface area contributed by atoms with Crippen molar-refractivity contribution in [1.29, 1.82) is 0 Å².